The van der Waals surface area contributed by atoms with Gasteiger partial charge in [-0.15, -0.1) is 0 Å². The molecule has 2 nitrogen and oxygen atoms in total. The Kier molecular flexibility index (Phi) is 12.4. The largest absolute Gasteiger partial charge is 0.460 e. The van der Waals surface area contributed by atoms with Gasteiger partial charge in [0.25, 0.3) is 0 Å². The van der Waals surface area contributed by atoms with Crippen molar-refractivity contribution in [2.45, 2.75) is 94.5 Å². The van der Waals surface area contributed by atoms with Crippen LogP contribution < -0.4 is 0 Å². The van der Waals surface area contributed by atoms with Crippen molar-refractivity contribution < 1.29 is 158 Å². The molecule has 0 radical (unpaired) electrons. The third kappa shape index (κ3) is 5.87. The van der Waals surface area contributed by atoms with Gasteiger partial charge in [-0.3, -0.25) is 0 Å². The third-order valence-electron chi connectivity index (χ3n) is 7.00. The Balaban J connectivity index is 9.08. The first-order valence-electron chi connectivity index (χ1n) is 11.7. The third-order valence-corrected chi connectivity index (χ3v) is 11.2. The van der Waals surface area contributed by atoms with Crippen LogP contribution in [-0.4, -0.2) is 117 Å². The fourth-order valence-corrected chi connectivity index (χ4v) is 7.65. The van der Waals surface area contributed by atoms with Crippen molar-refractivity contribution in [2.75, 3.05) is 14.2 Å². The highest BCUT2D eigenvalue weighted by Crippen LogP contribution is 2.71. The van der Waals surface area contributed by atoms with E-state index >= 15 is 8.78 Å². The van der Waals surface area contributed by atoms with Crippen LogP contribution in [0.15, 0.2) is 0 Å². The summed E-state index contributed by atoms with van der Waals surface area (Å²) < 4.78 is 472. The van der Waals surface area contributed by atoms with Gasteiger partial charge in [0, 0.05) is 14.2 Å². The molecule has 0 aromatic rings. The summed E-state index contributed by atoms with van der Waals surface area (Å²) in [4.78, 5) is 0. The van der Waals surface area contributed by atoms with Gasteiger partial charge in [0.1, 0.15) is 0 Å². The Hall–Kier alpha value is -2.24. The first-order valence-corrected chi connectivity index (χ1v) is 13.5. The molecule has 55 heavy (non-hydrogen) atoms. The van der Waals surface area contributed by atoms with Gasteiger partial charge in [0.05, 0.1) is 0 Å². The van der Waals surface area contributed by atoms with Gasteiger partial charge in [-0.2, -0.15) is 140 Å². The minimum absolute atomic E-state index is 1.83. The number of hydrogen-bond donors (Lipinski definition) is 0. The van der Waals surface area contributed by atoms with Crippen molar-refractivity contribution in [3.63, 3.8) is 0 Å². The monoisotopic (exact) mass is 928 g/mol. The highest BCUT2D eigenvalue weighted by molar-refractivity contribution is 6.74. The summed E-state index contributed by atoms with van der Waals surface area (Å²) in [7, 11) is -15.1. The van der Waals surface area contributed by atoms with Crippen LogP contribution in [0.3, 0.4) is 0 Å². The van der Waals surface area contributed by atoms with E-state index in [1.807, 2.05) is 0 Å². The maximum Gasteiger partial charge on any atom is 0.460 e. The topological polar surface area (TPSA) is 18.5 Å². The maximum absolute atomic E-state index is 15.7. The van der Waals surface area contributed by atoms with E-state index in [9.17, 15) is 140 Å². The molecular formula is C18H6F34O2Si. The van der Waals surface area contributed by atoms with E-state index in [0.29, 0.717) is 0 Å². The van der Waals surface area contributed by atoms with Crippen molar-refractivity contribution in [3.8, 4) is 0 Å². The fourth-order valence-electron chi connectivity index (χ4n) is 4.00. The Bertz CT molecular complexity index is 1280. The Labute approximate surface area is 276 Å². The number of alkyl halides is 34. The van der Waals surface area contributed by atoms with Crippen molar-refractivity contribution >= 4 is 8.56 Å². The lowest BCUT2D eigenvalue weighted by Gasteiger charge is -2.54. The molecule has 37 heteroatoms. The van der Waals surface area contributed by atoms with Gasteiger partial charge in [-0.25, -0.2) is 8.78 Å². The SMILES string of the molecule is CO[Si](OC)(C(F)(C(F)(F)F)C(F)(F)C(F)(F)C(F)(F)C(F)(F)C(F)(F)C(F)(F)F)C(F)(C(F)(F)F)C(F)(F)C(F)(F)C(F)(F)C(F)(F)C(F)(F)C(F)(F)F. The lowest BCUT2D eigenvalue weighted by Crippen LogP contribution is -2.92. The summed E-state index contributed by atoms with van der Waals surface area (Å²) in [5.41, 5.74) is 0. The van der Waals surface area contributed by atoms with Crippen LogP contribution in [-0.2, 0) is 8.85 Å². The van der Waals surface area contributed by atoms with Gasteiger partial charge in [0.15, 0.2) is 0 Å². The molecule has 0 saturated heterocycles. The molecule has 2 atom stereocenters. The highest BCUT2D eigenvalue weighted by Gasteiger charge is 3.07. The van der Waals surface area contributed by atoms with E-state index in [-0.39, 0.29) is 0 Å². The van der Waals surface area contributed by atoms with Crippen LogP contribution in [0.2, 0.25) is 0 Å². The molecule has 0 spiro atoms. The molecule has 0 aromatic carbocycles. The average molecular weight is 928 g/mol. The van der Waals surface area contributed by atoms with E-state index in [2.05, 4.69) is 8.85 Å². The molecule has 0 N–H and O–H groups in total. The summed E-state index contributed by atoms with van der Waals surface area (Å²) in [6, 6.07) is 0. The molecular weight excluding hydrogens is 922 g/mol. The quantitative estimate of drug-likeness (QED) is 0.128. The second-order valence-electron chi connectivity index (χ2n) is 10.1. The molecule has 332 valence electrons. The smallest absolute Gasteiger partial charge is 0.393 e. The van der Waals surface area contributed by atoms with Crippen LogP contribution in [0.5, 0.6) is 0 Å². The van der Waals surface area contributed by atoms with Gasteiger partial charge in [0.2, 0.25) is 0 Å². The van der Waals surface area contributed by atoms with Gasteiger partial charge in [-0.1, -0.05) is 0 Å². The second kappa shape index (κ2) is 12.9. The summed E-state index contributed by atoms with van der Waals surface area (Å²) in [5, 5.41) is -20.0. The van der Waals surface area contributed by atoms with Crippen LogP contribution in [0.25, 0.3) is 0 Å². The molecule has 0 aliphatic heterocycles. The molecule has 0 aromatic heterocycles. The van der Waals surface area contributed by atoms with Crippen molar-refractivity contribution in [1.82, 2.24) is 0 Å². The number of rotatable bonds is 14. The molecule has 0 aliphatic rings. The second-order valence-corrected chi connectivity index (χ2v) is 13.5. The number of halogens is 34. The minimum Gasteiger partial charge on any atom is -0.393 e. The predicted octanol–water partition coefficient (Wildman–Crippen LogP) is 10.8. The normalized spacial score (nSPS) is 19.0. The molecule has 0 rings (SSSR count). The molecule has 0 saturated carbocycles. The lowest BCUT2D eigenvalue weighted by atomic mass is 9.91. The zero-order valence-electron chi connectivity index (χ0n) is 24.2. The van der Waals surface area contributed by atoms with E-state index in [1.54, 1.807) is 0 Å². The van der Waals surface area contributed by atoms with E-state index in [0.717, 1.165) is 0 Å². The molecule has 2 unspecified atom stereocenters. The minimum atomic E-state index is -11.5. The number of hydrogen-bond acceptors (Lipinski definition) is 2. The Morgan fingerprint density at radius 2 is 0.364 bits per heavy atom. The maximum atomic E-state index is 15.7. The van der Waals surface area contributed by atoms with Crippen molar-refractivity contribution in [3.05, 3.63) is 0 Å². The average Bonchev–Trinajstić information content (AvgIpc) is 2.94. The molecule has 0 amide bonds. The first kappa shape index (κ1) is 52.8. The zero-order chi connectivity index (χ0) is 45.9. The molecule has 0 bridgehead atoms. The summed E-state index contributed by atoms with van der Waals surface area (Å²) in [5.74, 6) is -97.6. The van der Waals surface area contributed by atoms with E-state index in [1.165, 1.54) is 0 Å². The predicted molar refractivity (Wildman–Crippen MR) is 101 cm³/mol. The van der Waals surface area contributed by atoms with E-state index in [4.69, 9.17) is 0 Å². The standard InChI is InChI=1S/C18H6F34O2Si/c1-53-55(54-2,13(39,17(47,48)49)9(31,32)5(23,24)3(19,20)7(27,28)11(35,36)15(41,42)43)14(40,18(50,51)52)10(33,34)6(25,26)4(21,22)8(29,30)12(37,38)16(44,45)46/h1-2H3. The Morgan fingerprint density at radius 3 is 0.491 bits per heavy atom. The van der Waals surface area contributed by atoms with Crippen molar-refractivity contribution in [2.24, 2.45) is 0 Å². The molecule has 0 heterocycles. The zero-order valence-corrected chi connectivity index (χ0v) is 25.2. The molecule has 0 fully saturated rings. The van der Waals surface area contributed by atoms with Crippen LogP contribution in [0, 0.1) is 0 Å². The van der Waals surface area contributed by atoms with Gasteiger partial charge >= 0.3 is 103 Å². The van der Waals surface area contributed by atoms with Gasteiger partial charge < -0.3 is 8.85 Å². The summed E-state index contributed by atoms with van der Waals surface area (Å²) >= 11 is 0. The lowest BCUT2D eigenvalue weighted by molar-refractivity contribution is -0.458. The Morgan fingerprint density at radius 1 is 0.218 bits per heavy atom. The first-order chi connectivity index (χ1) is 23.1. The summed E-state index contributed by atoms with van der Waals surface area (Å²) in [6.07, 6.45) is -36.0. The van der Waals surface area contributed by atoms with E-state index < -0.39 is 117 Å². The van der Waals surface area contributed by atoms with Crippen LogP contribution in [0.1, 0.15) is 0 Å². The van der Waals surface area contributed by atoms with Crippen molar-refractivity contribution in [1.29, 1.82) is 0 Å². The van der Waals surface area contributed by atoms with Crippen LogP contribution >= 0.6 is 0 Å². The highest BCUT2D eigenvalue weighted by atomic mass is 28.4. The summed E-state index contributed by atoms with van der Waals surface area (Å²) in [6.45, 7) is 0. The molecule has 0 aliphatic carbocycles. The van der Waals surface area contributed by atoms with Gasteiger partial charge in [-0.05, 0) is 0 Å². The van der Waals surface area contributed by atoms with Crippen LogP contribution in [0.4, 0.5) is 149 Å². The fraction of sp³-hybridized carbons (Fsp3) is 1.00.